The molecule has 5 heteroatoms. The van der Waals surface area contributed by atoms with Gasteiger partial charge in [-0.05, 0) is 43.5 Å². The van der Waals surface area contributed by atoms with E-state index in [0.29, 0.717) is 17.5 Å². The van der Waals surface area contributed by atoms with E-state index in [9.17, 15) is 5.11 Å². The fraction of sp³-hybridized carbons (Fsp3) is 0.429. The predicted molar refractivity (Wildman–Crippen MR) is 72.7 cm³/mol. The van der Waals surface area contributed by atoms with Crippen molar-refractivity contribution >= 4 is 0 Å². The lowest BCUT2D eigenvalue weighted by molar-refractivity contribution is 0.348. The zero-order chi connectivity index (χ0) is 14.0. The summed E-state index contributed by atoms with van der Waals surface area (Å²) in [6.45, 7) is 5.75. The largest absolute Gasteiger partial charge is 0.507 e. The number of hydrogen-bond donors (Lipinski definition) is 2. The molecule has 0 saturated heterocycles. The van der Waals surface area contributed by atoms with Gasteiger partial charge in [0.05, 0.1) is 6.04 Å². The zero-order valence-corrected chi connectivity index (χ0v) is 11.5. The van der Waals surface area contributed by atoms with Gasteiger partial charge in [-0.25, -0.2) is 0 Å². The van der Waals surface area contributed by atoms with Crippen LogP contribution in [-0.2, 0) is 0 Å². The maximum absolute atomic E-state index is 9.76. The summed E-state index contributed by atoms with van der Waals surface area (Å²) in [5.41, 5.74) is 8.35. The number of phenolic OH excluding ortho intramolecular Hbond substituents is 1. The van der Waals surface area contributed by atoms with Crippen molar-refractivity contribution in [3.8, 4) is 17.1 Å². The minimum absolute atomic E-state index is 0.217. The van der Waals surface area contributed by atoms with E-state index < -0.39 is 0 Å². The molecule has 1 aromatic carbocycles. The van der Waals surface area contributed by atoms with Gasteiger partial charge in [0.1, 0.15) is 5.75 Å². The molecule has 1 atom stereocenters. The van der Waals surface area contributed by atoms with Crippen LogP contribution in [0.5, 0.6) is 5.75 Å². The molecule has 0 radical (unpaired) electrons. The fourth-order valence-corrected chi connectivity index (χ4v) is 2.02. The third-order valence-corrected chi connectivity index (χ3v) is 3.11. The number of aromatic nitrogens is 2. The second kappa shape index (κ2) is 5.40. The minimum Gasteiger partial charge on any atom is -0.507 e. The van der Waals surface area contributed by atoms with Crippen molar-refractivity contribution in [3.05, 3.63) is 29.2 Å². The Labute approximate surface area is 112 Å². The molecule has 0 aliphatic rings. The van der Waals surface area contributed by atoms with E-state index in [4.69, 9.17) is 10.3 Å². The van der Waals surface area contributed by atoms with Gasteiger partial charge in [0.2, 0.25) is 11.7 Å². The maximum atomic E-state index is 9.76. The van der Waals surface area contributed by atoms with Crippen molar-refractivity contribution in [3.63, 3.8) is 0 Å². The summed E-state index contributed by atoms with van der Waals surface area (Å²) in [4.78, 5) is 4.33. The van der Waals surface area contributed by atoms with E-state index in [-0.39, 0.29) is 6.04 Å². The van der Waals surface area contributed by atoms with Gasteiger partial charge in [-0.1, -0.05) is 18.5 Å². The predicted octanol–water partition coefficient (Wildman–Crippen LogP) is 2.86. The van der Waals surface area contributed by atoms with Gasteiger partial charge < -0.3 is 15.4 Å². The standard InChI is InChI=1S/C14H19N3O2/c1-4-5-11(15)14-16-13(17-19-14)10-6-8(2)12(18)9(3)7-10/h6-7,11,18H,4-5,15H2,1-3H3. The number of aryl methyl sites for hydroxylation is 2. The molecule has 1 aromatic heterocycles. The molecule has 5 nitrogen and oxygen atoms in total. The third kappa shape index (κ3) is 2.76. The first-order chi connectivity index (χ1) is 9.02. The number of nitrogens with zero attached hydrogens (tertiary/aromatic N) is 2. The summed E-state index contributed by atoms with van der Waals surface area (Å²) >= 11 is 0. The first kappa shape index (κ1) is 13.5. The van der Waals surface area contributed by atoms with Crippen LogP contribution in [0.1, 0.15) is 42.8 Å². The summed E-state index contributed by atoms with van der Waals surface area (Å²) in [6.07, 6.45) is 1.78. The minimum atomic E-state index is -0.217. The number of rotatable bonds is 4. The van der Waals surface area contributed by atoms with Crippen molar-refractivity contribution in [1.82, 2.24) is 10.1 Å². The van der Waals surface area contributed by atoms with Crippen LogP contribution < -0.4 is 5.73 Å². The molecular weight excluding hydrogens is 242 g/mol. The lowest BCUT2D eigenvalue weighted by Crippen LogP contribution is -2.09. The number of benzene rings is 1. The van der Waals surface area contributed by atoms with E-state index in [0.717, 1.165) is 29.5 Å². The monoisotopic (exact) mass is 261 g/mol. The molecule has 0 spiro atoms. The van der Waals surface area contributed by atoms with Crippen LogP contribution in [0.3, 0.4) is 0 Å². The number of aromatic hydroxyl groups is 1. The van der Waals surface area contributed by atoms with Crippen molar-refractivity contribution in [1.29, 1.82) is 0 Å². The topological polar surface area (TPSA) is 85.2 Å². The Morgan fingerprint density at radius 3 is 2.53 bits per heavy atom. The van der Waals surface area contributed by atoms with Gasteiger partial charge in [0.15, 0.2) is 0 Å². The van der Waals surface area contributed by atoms with Gasteiger partial charge in [-0.2, -0.15) is 4.98 Å². The summed E-state index contributed by atoms with van der Waals surface area (Å²) in [5, 5.41) is 13.7. The Balaban J connectivity index is 2.33. The SMILES string of the molecule is CCCC(N)c1nc(-c2cc(C)c(O)c(C)c2)no1. The Bertz CT molecular complexity index is 555. The third-order valence-electron chi connectivity index (χ3n) is 3.11. The quantitative estimate of drug-likeness (QED) is 0.883. The van der Waals surface area contributed by atoms with Gasteiger partial charge >= 0.3 is 0 Å². The second-order valence-corrected chi connectivity index (χ2v) is 4.81. The molecule has 102 valence electrons. The highest BCUT2D eigenvalue weighted by molar-refractivity contribution is 5.60. The Morgan fingerprint density at radius 1 is 1.32 bits per heavy atom. The molecule has 0 aliphatic heterocycles. The second-order valence-electron chi connectivity index (χ2n) is 4.81. The molecule has 1 heterocycles. The van der Waals surface area contributed by atoms with E-state index in [1.54, 1.807) is 0 Å². The number of phenols is 1. The molecule has 2 aromatic rings. The first-order valence-corrected chi connectivity index (χ1v) is 6.42. The first-order valence-electron chi connectivity index (χ1n) is 6.42. The van der Waals surface area contributed by atoms with Crippen LogP contribution in [0.25, 0.3) is 11.4 Å². The molecule has 0 saturated carbocycles. The molecule has 0 amide bonds. The van der Waals surface area contributed by atoms with Gasteiger partial charge in [0, 0.05) is 5.56 Å². The molecule has 0 bridgehead atoms. The summed E-state index contributed by atoms with van der Waals surface area (Å²) in [7, 11) is 0. The van der Waals surface area contributed by atoms with Crippen LogP contribution in [-0.4, -0.2) is 15.2 Å². The normalized spacial score (nSPS) is 12.6. The summed E-state index contributed by atoms with van der Waals surface area (Å²) in [6, 6.07) is 3.45. The number of hydrogen-bond acceptors (Lipinski definition) is 5. The van der Waals surface area contributed by atoms with Crippen LogP contribution in [0.4, 0.5) is 0 Å². The van der Waals surface area contributed by atoms with Gasteiger partial charge in [-0.15, -0.1) is 0 Å². The lowest BCUT2D eigenvalue weighted by atomic mass is 10.1. The fourth-order valence-electron chi connectivity index (χ4n) is 2.02. The number of nitrogens with two attached hydrogens (primary N) is 1. The van der Waals surface area contributed by atoms with Crippen LogP contribution in [0.2, 0.25) is 0 Å². The molecule has 19 heavy (non-hydrogen) atoms. The van der Waals surface area contributed by atoms with E-state index >= 15 is 0 Å². The van der Waals surface area contributed by atoms with Crippen LogP contribution in [0, 0.1) is 13.8 Å². The Kier molecular flexibility index (Phi) is 3.85. The Morgan fingerprint density at radius 2 is 1.95 bits per heavy atom. The molecule has 0 fully saturated rings. The zero-order valence-electron chi connectivity index (χ0n) is 11.5. The average Bonchev–Trinajstić information content (AvgIpc) is 2.85. The molecule has 3 N–H and O–H groups in total. The smallest absolute Gasteiger partial charge is 0.243 e. The van der Waals surface area contributed by atoms with Crippen LogP contribution in [0.15, 0.2) is 16.7 Å². The van der Waals surface area contributed by atoms with Crippen molar-refractivity contribution in [2.24, 2.45) is 5.73 Å². The van der Waals surface area contributed by atoms with Gasteiger partial charge in [0.25, 0.3) is 0 Å². The Hall–Kier alpha value is -1.88. The van der Waals surface area contributed by atoms with Crippen molar-refractivity contribution in [2.45, 2.75) is 39.7 Å². The van der Waals surface area contributed by atoms with Crippen molar-refractivity contribution in [2.75, 3.05) is 0 Å². The van der Waals surface area contributed by atoms with Crippen LogP contribution >= 0.6 is 0 Å². The molecule has 1 unspecified atom stereocenters. The average molecular weight is 261 g/mol. The van der Waals surface area contributed by atoms with Crippen molar-refractivity contribution < 1.29 is 9.63 Å². The highest BCUT2D eigenvalue weighted by atomic mass is 16.5. The van der Waals surface area contributed by atoms with E-state index in [1.165, 1.54) is 0 Å². The lowest BCUT2D eigenvalue weighted by Gasteiger charge is -2.05. The van der Waals surface area contributed by atoms with E-state index in [1.807, 2.05) is 26.0 Å². The highest BCUT2D eigenvalue weighted by Crippen LogP contribution is 2.28. The summed E-state index contributed by atoms with van der Waals surface area (Å²) in [5.74, 6) is 1.27. The maximum Gasteiger partial charge on any atom is 0.243 e. The molecular formula is C14H19N3O2. The van der Waals surface area contributed by atoms with E-state index in [2.05, 4.69) is 17.1 Å². The molecule has 0 aliphatic carbocycles. The molecule has 2 rings (SSSR count). The highest BCUT2D eigenvalue weighted by Gasteiger charge is 2.16. The summed E-state index contributed by atoms with van der Waals surface area (Å²) < 4.78 is 5.19. The van der Waals surface area contributed by atoms with Gasteiger partial charge in [-0.3, -0.25) is 0 Å².